The van der Waals surface area contributed by atoms with E-state index in [0.29, 0.717) is 0 Å². The van der Waals surface area contributed by atoms with Gasteiger partial charge in [0.15, 0.2) is 0 Å². The lowest BCUT2D eigenvalue weighted by Crippen LogP contribution is -2.29. The van der Waals surface area contributed by atoms with E-state index in [1.807, 2.05) is 6.07 Å². The van der Waals surface area contributed by atoms with Crippen molar-refractivity contribution in [1.82, 2.24) is 0 Å². The second-order valence-corrected chi connectivity index (χ2v) is 21.8. The molecule has 0 fully saturated rings. The van der Waals surface area contributed by atoms with E-state index in [9.17, 15) is 0 Å². The van der Waals surface area contributed by atoms with E-state index in [2.05, 4.69) is 296 Å². The molecular formula is C79H49NO3. The molecule has 3 aromatic heterocycles. The largest absolute Gasteiger partial charge is 0.456 e. The summed E-state index contributed by atoms with van der Waals surface area (Å²) in [7, 11) is 0. The summed E-state index contributed by atoms with van der Waals surface area (Å²) in [5.74, 6) is 0. The first-order valence-electron chi connectivity index (χ1n) is 28.4. The first-order valence-corrected chi connectivity index (χ1v) is 28.4. The molecule has 0 radical (unpaired) electrons. The minimum atomic E-state index is -0.744. The Morgan fingerprint density at radius 3 is 1.43 bits per heavy atom. The predicted molar refractivity (Wildman–Crippen MR) is 342 cm³/mol. The molecule has 388 valence electrons. The molecule has 4 nitrogen and oxygen atoms in total. The highest BCUT2D eigenvalue weighted by Gasteiger charge is 2.47. The number of furan rings is 3. The van der Waals surface area contributed by atoms with Gasteiger partial charge in [-0.1, -0.05) is 224 Å². The maximum Gasteiger partial charge on any atom is 0.137 e. The van der Waals surface area contributed by atoms with Gasteiger partial charge in [0, 0.05) is 27.2 Å². The summed E-state index contributed by atoms with van der Waals surface area (Å²) < 4.78 is 20.3. The average Bonchev–Trinajstić information content (AvgIpc) is 2.28. The molecule has 83 heavy (non-hydrogen) atoms. The number of benzene rings is 13. The Morgan fingerprint density at radius 2 is 0.723 bits per heavy atom. The standard InChI is InChI=1S/C79H49NO3/c1-4-21-50(22-5-1)52-43-45-70-63(47-52)77-67(37-19-41-73(77)82-70)80(68-38-20-42-74-78(68)64-48-53(44-46-71(64)83-74)58-30-11-10-29-57(58)51-23-6-2-7-24-51)56-28-16-27-55(49-56)79(54-25-8-3-9-26-54)65-35-14-12-31-61(65)75-59(33-17-36-66(75)79)60-34-18-40-72-76(60)62-32-13-15-39-69(62)81-72/h1-49H. The van der Waals surface area contributed by atoms with E-state index >= 15 is 0 Å². The van der Waals surface area contributed by atoms with Gasteiger partial charge in [0.2, 0.25) is 0 Å². The van der Waals surface area contributed by atoms with Gasteiger partial charge in [0.1, 0.15) is 33.5 Å². The number of rotatable bonds is 9. The lowest BCUT2D eigenvalue weighted by molar-refractivity contribution is 0.668. The topological polar surface area (TPSA) is 42.7 Å². The number of nitrogens with zero attached hydrogens (tertiary/aromatic N) is 1. The highest BCUT2D eigenvalue weighted by atomic mass is 16.3. The van der Waals surface area contributed by atoms with Crippen LogP contribution in [0, 0.1) is 0 Å². The zero-order valence-electron chi connectivity index (χ0n) is 45.0. The molecule has 0 aliphatic heterocycles. The van der Waals surface area contributed by atoms with Crippen LogP contribution in [0.1, 0.15) is 22.3 Å². The summed E-state index contributed by atoms with van der Waals surface area (Å²) in [5.41, 5.74) is 23.6. The summed E-state index contributed by atoms with van der Waals surface area (Å²) >= 11 is 0. The molecule has 0 bridgehead atoms. The Hall–Kier alpha value is -10.9. The van der Waals surface area contributed by atoms with E-state index in [1.54, 1.807) is 0 Å². The quantitative estimate of drug-likeness (QED) is 0.144. The van der Waals surface area contributed by atoms with Crippen molar-refractivity contribution in [2.24, 2.45) is 0 Å². The first-order chi connectivity index (χ1) is 41.2. The number of hydrogen-bond acceptors (Lipinski definition) is 4. The Balaban J connectivity index is 0.942. The Morgan fingerprint density at radius 1 is 0.253 bits per heavy atom. The normalized spacial score (nSPS) is 13.8. The second-order valence-electron chi connectivity index (χ2n) is 21.8. The minimum absolute atomic E-state index is 0.744. The van der Waals surface area contributed by atoms with E-state index < -0.39 is 5.41 Å². The molecule has 0 spiro atoms. The number of fused-ring (bicyclic) bond motifs is 12. The monoisotopic (exact) mass is 1060 g/mol. The van der Waals surface area contributed by atoms with Gasteiger partial charge in [-0.25, -0.2) is 0 Å². The molecule has 0 N–H and O–H groups in total. The molecule has 1 aliphatic rings. The van der Waals surface area contributed by atoms with Gasteiger partial charge >= 0.3 is 0 Å². The van der Waals surface area contributed by atoms with Crippen molar-refractivity contribution in [1.29, 1.82) is 0 Å². The van der Waals surface area contributed by atoms with Crippen LogP contribution in [0.15, 0.2) is 311 Å². The van der Waals surface area contributed by atoms with Crippen LogP contribution in [-0.2, 0) is 5.41 Å². The molecule has 0 amide bonds. The molecular weight excluding hydrogens is 1010 g/mol. The SMILES string of the molecule is c1ccc(-c2ccc3oc4cccc(N(c5cccc(C6(c7ccccc7)c7ccccc7-c7c(-c8cccc9oc%10ccccc%10c89)cccc76)c5)c5cccc6oc7ccc(-c8ccccc8-c8ccccc8)cc7c56)c4c3c2)cc1. The van der Waals surface area contributed by atoms with Crippen molar-refractivity contribution < 1.29 is 13.3 Å². The maximum atomic E-state index is 6.93. The molecule has 1 atom stereocenters. The van der Waals surface area contributed by atoms with Crippen molar-refractivity contribution in [2.75, 3.05) is 4.90 Å². The summed E-state index contributed by atoms with van der Waals surface area (Å²) in [6.45, 7) is 0. The average molecular weight is 1060 g/mol. The van der Waals surface area contributed by atoms with E-state index in [1.165, 1.54) is 44.5 Å². The molecule has 17 rings (SSSR count). The smallest absolute Gasteiger partial charge is 0.137 e. The Bertz CT molecular complexity index is 5220. The van der Waals surface area contributed by atoms with Crippen molar-refractivity contribution in [3.63, 3.8) is 0 Å². The molecule has 16 aromatic rings. The Labute approximate surface area is 479 Å². The fourth-order valence-corrected chi connectivity index (χ4v) is 13.9. The zero-order chi connectivity index (χ0) is 54.6. The van der Waals surface area contributed by atoms with Gasteiger partial charge in [0.25, 0.3) is 0 Å². The molecule has 3 heterocycles. The van der Waals surface area contributed by atoms with Crippen molar-refractivity contribution in [3.05, 3.63) is 320 Å². The lowest BCUT2D eigenvalue weighted by atomic mass is 9.67. The molecule has 0 saturated carbocycles. The van der Waals surface area contributed by atoms with Crippen molar-refractivity contribution in [2.45, 2.75) is 5.41 Å². The van der Waals surface area contributed by atoms with Crippen LogP contribution in [0.4, 0.5) is 17.1 Å². The summed E-state index contributed by atoms with van der Waals surface area (Å²) in [4.78, 5) is 2.46. The number of anilines is 3. The van der Waals surface area contributed by atoms with Gasteiger partial charge in [-0.3, -0.25) is 0 Å². The number of hydrogen-bond donors (Lipinski definition) is 0. The van der Waals surface area contributed by atoms with Gasteiger partial charge < -0.3 is 18.2 Å². The lowest BCUT2D eigenvalue weighted by Gasteiger charge is -2.35. The third-order valence-corrected chi connectivity index (χ3v) is 17.4. The van der Waals surface area contributed by atoms with Crippen LogP contribution < -0.4 is 4.90 Å². The van der Waals surface area contributed by atoms with Gasteiger partial charge in [-0.15, -0.1) is 0 Å². The molecule has 4 heteroatoms. The highest BCUT2D eigenvalue weighted by molar-refractivity contribution is 6.19. The molecule has 1 aliphatic carbocycles. The number of para-hydroxylation sites is 1. The fourth-order valence-electron chi connectivity index (χ4n) is 13.9. The summed E-state index contributed by atoms with van der Waals surface area (Å²) in [6, 6.07) is 107. The summed E-state index contributed by atoms with van der Waals surface area (Å²) in [5, 5.41) is 6.33. The van der Waals surface area contributed by atoms with Crippen LogP contribution in [-0.4, -0.2) is 0 Å². The van der Waals surface area contributed by atoms with Crippen LogP contribution in [0.3, 0.4) is 0 Å². The van der Waals surface area contributed by atoms with Crippen LogP contribution in [0.25, 0.3) is 121 Å². The van der Waals surface area contributed by atoms with Crippen molar-refractivity contribution in [3.8, 4) is 55.6 Å². The van der Waals surface area contributed by atoms with Crippen LogP contribution >= 0.6 is 0 Å². The fraction of sp³-hybridized carbons (Fsp3) is 0.0127. The maximum absolute atomic E-state index is 6.93. The third-order valence-electron chi connectivity index (χ3n) is 17.4. The minimum Gasteiger partial charge on any atom is -0.456 e. The zero-order valence-corrected chi connectivity index (χ0v) is 45.0. The van der Waals surface area contributed by atoms with E-state index in [4.69, 9.17) is 13.3 Å². The molecule has 0 saturated heterocycles. The predicted octanol–water partition coefficient (Wildman–Crippen LogP) is 21.9. The molecule has 1 unspecified atom stereocenters. The van der Waals surface area contributed by atoms with Crippen LogP contribution in [0.2, 0.25) is 0 Å². The Kier molecular flexibility index (Phi) is 10.5. The van der Waals surface area contributed by atoms with Gasteiger partial charge in [-0.2, -0.15) is 0 Å². The summed E-state index contributed by atoms with van der Waals surface area (Å²) in [6.07, 6.45) is 0. The van der Waals surface area contributed by atoms with Crippen molar-refractivity contribution >= 4 is 82.9 Å². The second kappa shape index (κ2) is 18.6. The van der Waals surface area contributed by atoms with Gasteiger partial charge in [-0.05, 0) is 151 Å². The van der Waals surface area contributed by atoms with Gasteiger partial charge in [0.05, 0.1) is 27.6 Å². The van der Waals surface area contributed by atoms with E-state index in [0.717, 1.165) is 116 Å². The molecule has 13 aromatic carbocycles. The van der Waals surface area contributed by atoms with E-state index in [-0.39, 0.29) is 0 Å². The first kappa shape index (κ1) is 46.9. The third kappa shape index (κ3) is 7.13. The van der Waals surface area contributed by atoms with Crippen LogP contribution in [0.5, 0.6) is 0 Å². The highest BCUT2D eigenvalue weighted by Crippen LogP contribution is 2.60.